The van der Waals surface area contributed by atoms with Crippen LogP contribution in [-0.2, 0) is 4.79 Å². The highest BCUT2D eigenvalue weighted by Gasteiger charge is 1.91. The molecule has 0 aromatic rings. The first kappa shape index (κ1) is 11.2. The number of carbonyl (C=O) groups excluding carboxylic acids is 1. The van der Waals surface area contributed by atoms with Crippen LogP contribution in [0.1, 0.15) is 33.6 Å². The van der Waals surface area contributed by atoms with Gasteiger partial charge in [-0.15, -0.1) is 0 Å². The lowest BCUT2D eigenvalue weighted by Gasteiger charge is -1.91. The first-order valence-electron chi connectivity index (χ1n) is 4.52. The molecule has 0 fully saturated rings. The van der Waals surface area contributed by atoms with Gasteiger partial charge in [0, 0.05) is 6.42 Å². The Kier molecular flexibility index (Phi) is 6.35. The average Bonchev–Trinajstić information content (AvgIpc) is 2.01. The molecule has 0 heterocycles. The molecule has 0 rings (SSSR count). The van der Waals surface area contributed by atoms with Crippen LogP contribution in [0.3, 0.4) is 0 Å². The number of rotatable bonds is 5. The van der Waals surface area contributed by atoms with Crippen LogP contribution >= 0.6 is 0 Å². The summed E-state index contributed by atoms with van der Waals surface area (Å²) >= 11 is 0. The molecule has 0 aliphatic heterocycles. The van der Waals surface area contributed by atoms with E-state index in [1.165, 1.54) is 0 Å². The summed E-state index contributed by atoms with van der Waals surface area (Å²) in [7, 11) is 0. The zero-order chi connectivity index (χ0) is 9.40. The van der Waals surface area contributed by atoms with E-state index in [0.29, 0.717) is 12.3 Å². The fourth-order valence-corrected chi connectivity index (χ4v) is 0.734. The Labute approximate surface area is 75.2 Å². The van der Waals surface area contributed by atoms with Crippen LogP contribution in [0.2, 0.25) is 0 Å². The summed E-state index contributed by atoms with van der Waals surface area (Å²) < 4.78 is 0. The van der Waals surface area contributed by atoms with Crippen molar-refractivity contribution in [2.75, 3.05) is 0 Å². The lowest BCUT2D eigenvalue weighted by atomic mass is 10.1. The van der Waals surface area contributed by atoms with E-state index in [2.05, 4.69) is 20.8 Å². The minimum absolute atomic E-state index is 0.188. The molecule has 0 spiro atoms. The molecule has 0 aliphatic rings. The summed E-state index contributed by atoms with van der Waals surface area (Å²) in [4.78, 5) is 11.1. The van der Waals surface area contributed by atoms with E-state index in [-0.39, 0.29) is 5.78 Å². The fraction of sp³-hybridized carbons (Fsp3) is 0.545. The van der Waals surface area contributed by atoms with Crippen LogP contribution in [0.15, 0.2) is 24.3 Å². The molecule has 0 amide bonds. The summed E-state index contributed by atoms with van der Waals surface area (Å²) in [6.45, 7) is 6.18. The van der Waals surface area contributed by atoms with Gasteiger partial charge in [-0.25, -0.2) is 0 Å². The van der Waals surface area contributed by atoms with Gasteiger partial charge >= 0.3 is 0 Å². The second-order valence-electron chi connectivity index (χ2n) is 3.15. The third-order valence-corrected chi connectivity index (χ3v) is 1.39. The summed E-state index contributed by atoms with van der Waals surface area (Å²) in [6, 6.07) is 0. The van der Waals surface area contributed by atoms with Crippen LogP contribution < -0.4 is 0 Å². The molecule has 0 N–H and O–H groups in total. The van der Waals surface area contributed by atoms with Crippen molar-refractivity contribution in [1.29, 1.82) is 0 Å². The Hall–Kier alpha value is -0.850. The Morgan fingerprint density at radius 1 is 1.33 bits per heavy atom. The monoisotopic (exact) mass is 166 g/mol. The number of allylic oxidation sites excluding steroid dienone is 4. The van der Waals surface area contributed by atoms with Crippen LogP contribution in [0, 0.1) is 5.92 Å². The van der Waals surface area contributed by atoms with E-state index in [4.69, 9.17) is 0 Å². The van der Waals surface area contributed by atoms with Gasteiger partial charge in [0.2, 0.25) is 0 Å². The molecule has 0 atom stereocenters. The van der Waals surface area contributed by atoms with Gasteiger partial charge < -0.3 is 0 Å². The maximum Gasteiger partial charge on any atom is 0.159 e. The van der Waals surface area contributed by atoms with Crippen molar-refractivity contribution >= 4 is 5.78 Å². The molecule has 12 heavy (non-hydrogen) atoms. The van der Waals surface area contributed by atoms with Gasteiger partial charge in [-0.05, 0) is 18.4 Å². The molecule has 0 saturated carbocycles. The molecular formula is C11H18O. The number of carbonyl (C=O) groups is 1. The van der Waals surface area contributed by atoms with E-state index in [0.717, 1.165) is 6.42 Å². The molecule has 0 aliphatic carbocycles. The number of hydrogen-bond donors (Lipinski definition) is 0. The SMILES string of the molecule is CC/C=C/CC(=O)/C=C/C(C)C. The molecule has 1 heteroatoms. The minimum Gasteiger partial charge on any atom is -0.295 e. The second-order valence-corrected chi connectivity index (χ2v) is 3.15. The highest BCUT2D eigenvalue weighted by Crippen LogP contribution is 1.96. The van der Waals surface area contributed by atoms with E-state index in [1.54, 1.807) is 6.08 Å². The van der Waals surface area contributed by atoms with E-state index in [9.17, 15) is 4.79 Å². The van der Waals surface area contributed by atoms with Gasteiger partial charge in [0.15, 0.2) is 5.78 Å². The second kappa shape index (κ2) is 6.84. The maximum absolute atomic E-state index is 11.1. The Bertz CT molecular complexity index is 175. The first-order chi connectivity index (χ1) is 5.66. The lowest BCUT2D eigenvalue weighted by molar-refractivity contribution is -0.113. The van der Waals surface area contributed by atoms with Crippen LogP contribution in [0.25, 0.3) is 0 Å². The summed E-state index contributed by atoms with van der Waals surface area (Å²) in [5, 5.41) is 0. The zero-order valence-electron chi connectivity index (χ0n) is 8.21. The fourth-order valence-electron chi connectivity index (χ4n) is 0.734. The summed E-state index contributed by atoms with van der Waals surface area (Å²) in [5.41, 5.74) is 0. The van der Waals surface area contributed by atoms with Crippen molar-refractivity contribution in [3.8, 4) is 0 Å². The minimum atomic E-state index is 0.188. The smallest absolute Gasteiger partial charge is 0.159 e. The molecule has 0 aromatic heterocycles. The van der Waals surface area contributed by atoms with Gasteiger partial charge in [0.05, 0.1) is 0 Å². The maximum atomic E-state index is 11.1. The molecule has 0 aromatic carbocycles. The normalized spacial score (nSPS) is 12.0. The summed E-state index contributed by atoms with van der Waals surface area (Å²) in [5.74, 6) is 0.650. The largest absolute Gasteiger partial charge is 0.295 e. The van der Waals surface area contributed by atoms with Crippen molar-refractivity contribution in [2.24, 2.45) is 5.92 Å². The standard InChI is InChI=1S/C11H18O/c1-4-5-6-7-11(12)9-8-10(2)3/h5-6,8-10H,4,7H2,1-3H3/b6-5+,9-8+. The van der Waals surface area contributed by atoms with Gasteiger partial charge in [0.25, 0.3) is 0 Å². The third kappa shape index (κ3) is 7.26. The highest BCUT2D eigenvalue weighted by molar-refractivity contribution is 5.90. The number of hydrogen-bond acceptors (Lipinski definition) is 1. The summed E-state index contributed by atoms with van der Waals surface area (Å²) in [6.07, 6.45) is 9.08. The highest BCUT2D eigenvalue weighted by atomic mass is 16.1. The Balaban J connectivity index is 3.67. The van der Waals surface area contributed by atoms with Crippen LogP contribution in [-0.4, -0.2) is 5.78 Å². The van der Waals surface area contributed by atoms with Gasteiger partial charge in [-0.3, -0.25) is 4.79 Å². The van der Waals surface area contributed by atoms with Gasteiger partial charge in [0.1, 0.15) is 0 Å². The Morgan fingerprint density at radius 2 is 2.00 bits per heavy atom. The molecule has 0 radical (unpaired) electrons. The van der Waals surface area contributed by atoms with Crippen molar-refractivity contribution in [2.45, 2.75) is 33.6 Å². The third-order valence-electron chi connectivity index (χ3n) is 1.39. The van der Waals surface area contributed by atoms with Crippen molar-refractivity contribution in [3.63, 3.8) is 0 Å². The molecule has 68 valence electrons. The average molecular weight is 166 g/mol. The topological polar surface area (TPSA) is 17.1 Å². The van der Waals surface area contributed by atoms with Gasteiger partial charge in [-0.2, -0.15) is 0 Å². The number of ketones is 1. The predicted octanol–water partition coefficient (Wildman–Crippen LogP) is 3.12. The molecule has 1 nitrogen and oxygen atoms in total. The van der Waals surface area contributed by atoms with E-state index < -0.39 is 0 Å². The quantitative estimate of drug-likeness (QED) is 0.453. The Morgan fingerprint density at radius 3 is 2.50 bits per heavy atom. The van der Waals surface area contributed by atoms with Crippen molar-refractivity contribution in [1.82, 2.24) is 0 Å². The first-order valence-corrected chi connectivity index (χ1v) is 4.52. The molecule has 0 unspecified atom stereocenters. The van der Waals surface area contributed by atoms with Gasteiger partial charge in [-0.1, -0.05) is 39.0 Å². The lowest BCUT2D eigenvalue weighted by Crippen LogP contribution is -1.90. The van der Waals surface area contributed by atoms with Crippen molar-refractivity contribution in [3.05, 3.63) is 24.3 Å². The molecule has 0 bridgehead atoms. The van der Waals surface area contributed by atoms with Crippen molar-refractivity contribution < 1.29 is 4.79 Å². The predicted molar refractivity (Wildman–Crippen MR) is 53.0 cm³/mol. The van der Waals surface area contributed by atoms with E-state index >= 15 is 0 Å². The molecular weight excluding hydrogens is 148 g/mol. The van der Waals surface area contributed by atoms with Crippen LogP contribution in [0.5, 0.6) is 0 Å². The van der Waals surface area contributed by atoms with Crippen LogP contribution in [0.4, 0.5) is 0 Å². The zero-order valence-corrected chi connectivity index (χ0v) is 8.21. The van der Waals surface area contributed by atoms with E-state index in [1.807, 2.05) is 18.2 Å². The molecule has 0 saturated heterocycles.